The van der Waals surface area contributed by atoms with E-state index in [-0.39, 0.29) is 17.2 Å². The lowest BCUT2D eigenvalue weighted by Gasteiger charge is -2.40. The molecule has 0 aliphatic carbocycles. The van der Waals surface area contributed by atoms with Crippen molar-refractivity contribution in [2.45, 2.75) is 26.2 Å². The zero-order chi connectivity index (χ0) is 14.9. The van der Waals surface area contributed by atoms with Gasteiger partial charge in [0.15, 0.2) is 0 Å². The summed E-state index contributed by atoms with van der Waals surface area (Å²) in [5, 5.41) is 0. The first kappa shape index (κ1) is 14.0. The molecule has 2 aliphatic rings. The number of pyridine rings is 1. The van der Waals surface area contributed by atoms with Gasteiger partial charge >= 0.3 is 0 Å². The van der Waals surface area contributed by atoms with Crippen LogP contribution in [0.15, 0.2) is 24.5 Å². The van der Waals surface area contributed by atoms with Crippen molar-refractivity contribution in [3.8, 4) is 0 Å². The normalized spacial score (nSPS) is 25.4. The van der Waals surface area contributed by atoms with E-state index in [0.717, 1.165) is 45.4 Å². The number of piperidine rings is 1. The summed E-state index contributed by atoms with van der Waals surface area (Å²) in [5.41, 5.74) is 0.799. The van der Waals surface area contributed by atoms with Gasteiger partial charge in [0.05, 0.1) is 0 Å². The molecule has 2 amide bonds. The number of hydrogen-bond donors (Lipinski definition) is 0. The fourth-order valence-electron chi connectivity index (χ4n) is 3.60. The van der Waals surface area contributed by atoms with Crippen LogP contribution in [-0.4, -0.2) is 52.8 Å². The summed E-state index contributed by atoms with van der Waals surface area (Å²) in [4.78, 5) is 31.9. The molecule has 0 bridgehead atoms. The maximum atomic E-state index is 12.5. The van der Waals surface area contributed by atoms with E-state index >= 15 is 0 Å². The minimum Gasteiger partial charge on any atom is -0.342 e. The van der Waals surface area contributed by atoms with Gasteiger partial charge in [-0.25, -0.2) is 0 Å². The molecule has 112 valence electrons. The number of carbonyl (C=O) groups excluding carboxylic acids is 2. The van der Waals surface area contributed by atoms with Crippen LogP contribution in [-0.2, 0) is 4.79 Å². The molecule has 1 aromatic heterocycles. The first-order valence-electron chi connectivity index (χ1n) is 7.55. The summed E-state index contributed by atoms with van der Waals surface area (Å²) in [6, 6.07) is 3.52. The lowest BCUT2D eigenvalue weighted by Crippen LogP contribution is -2.47. The van der Waals surface area contributed by atoms with Crippen LogP contribution < -0.4 is 0 Å². The number of carbonyl (C=O) groups is 2. The molecule has 2 saturated heterocycles. The molecular weight excluding hydrogens is 266 g/mol. The summed E-state index contributed by atoms with van der Waals surface area (Å²) in [6.45, 7) is 4.83. The zero-order valence-electron chi connectivity index (χ0n) is 12.4. The molecule has 0 aromatic carbocycles. The van der Waals surface area contributed by atoms with E-state index in [1.807, 2.05) is 9.80 Å². The van der Waals surface area contributed by atoms with Crippen molar-refractivity contribution in [1.82, 2.24) is 14.8 Å². The predicted molar refractivity (Wildman–Crippen MR) is 78.7 cm³/mol. The van der Waals surface area contributed by atoms with Gasteiger partial charge in [-0.2, -0.15) is 0 Å². The van der Waals surface area contributed by atoms with Gasteiger partial charge in [0.2, 0.25) is 5.91 Å². The maximum Gasteiger partial charge on any atom is 0.253 e. The van der Waals surface area contributed by atoms with E-state index in [1.54, 1.807) is 31.5 Å². The zero-order valence-corrected chi connectivity index (χ0v) is 12.4. The molecule has 1 spiro atoms. The van der Waals surface area contributed by atoms with Gasteiger partial charge in [-0.1, -0.05) is 0 Å². The minimum atomic E-state index is 0.0780. The Morgan fingerprint density at radius 2 is 1.81 bits per heavy atom. The fraction of sp³-hybridized carbons (Fsp3) is 0.562. The van der Waals surface area contributed by atoms with E-state index in [4.69, 9.17) is 0 Å². The Labute approximate surface area is 124 Å². The number of amides is 2. The maximum absolute atomic E-state index is 12.5. The second kappa shape index (κ2) is 5.47. The predicted octanol–water partition coefficient (Wildman–Crippen LogP) is 1.56. The van der Waals surface area contributed by atoms with Crippen molar-refractivity contribution in [3.05, 3.63) is 30.1 Å². The highest BCUT2D eigenvalue weighted by Gasteiger charge is 2.43. The van der Waals surface area contributed by atoms with Gasteiger partial charge in [0.1, 0.15) is 0 Å². The molecule has 0 N–H and O–H groups in total. The standard InChI is InChI=1S/C16H21N3O2/c1-13(20)18-9-2-5-16(11-18)6-10-19(12-16)15(21)14-3-7-17-8-4-14/h3-4,7-8H,2,5-6,9-12H2,1H3. The molecule has 5 nitrogen and oxygen atoms in total. The fourth-order valence-corrected chi connectivity index (χ4v) is 3.60. The van der Waals surface area contributed by atoms with Gasteiger partial charge < -0.3 is 9.80 Å². The van der Waals surface area contributed by atoms with Crippen LogP contribution in [0.4, 0.5) is 0 Å². The molecule has 1 atom stereocenters. The quantitative estimate of drug-likeness (QED) is 0.787. The molecule has 0 saturated carbocycles. The second-order valence-electron chi connectivity index (χ2n) is 6.26. The first-order valence-corrected chi connectivity index (χ1v) is 7.55. The van der Waals surface area contributed by atoms with Gasteiger partial charge in [0, 0.05) is 56.5 Å². The molecule has 3 rings (SSSR count). The van der Waals surface area contributed by atoms with Crippen molar-refractivity contribution in [3.63, 3.8) is 0 Å². The van der Waals surface area contributed by atoms with Crippen molar-refractivity contribution < 1.29 is 9.59 Å². The lowest BCUT2D eigenvalue weighted by molar-refractivity contribution is -0.132. The molecule has 21 heavy (non-hydrogen) atoms. The Morgan fingerprint density at radius 3 is 2.52 bits per heavy atom. The SMILES string of the molecule is CC(=O)N1CCCC2(CCN(C(=O)c3ccncc3)C2)C1. The summed E-state index contributed by atoms with van der Waals surface area (Å²) in [7, 11) is 0. The molecule has 2 aliphatic heterocycles. The summed E-state index contributed by atoms with van der Waals surface area (Å²) >= 11 is 0. The molecule has 2 fully saturated rings. The molecule has 3 heterocycles. The van der Waals surface area contributed by atoms with Gasteiger partial charge in [0.25, 0.3) is 5.91 Å². The van der Waals surface area contributed by atoms with E-state index < -0.39 is 0 Å². The number of nitrogens with zero attached hydrogens (tertiary/aromatic N) is 3. The van der Waals surface area contributed by atoms with Crippen molar-refractivity contribution in [2.75, 3.05) is 26.2 Å². The highest BCUT2D eigenvalue weighted by atomic mass is 16.2. The molecular formula is C16H21N3O2. The first-order chi connectivity index (χ1) is 10.1. The number of aromatic nitrogens is 1. The van der Waals surface area contributed by atoms with Gasteiger partial charge in [-0.3, -0.25) is 14.6 Å². The molecule has 0 radical (unpaired) electrons. The Hall–Kier alpha value is -1.91. The van der Waals surface area contributed by atoms with Crippen LogP contribution in [0.1, 0.15) is 36.5 Å². The van der Waals surface area contributed by atoms with Crippen LogP contribution in [0.5, 0.6) is 0 Å². The Kier molecular flexibility index (Phi) is 3.66. The van der Waals surface area contributed by atoms with E-state index in [2.05, 4.69) is 4.98 Å². The summed E-state index contributed by atoms with van der Waals surface area (Å²) in [5.74, 6) is 0.224. The highest BCUT2D eigenvalue weighted by Crippen LogP contribution is 2.39. The van der Waals surface area contributed by atoms with Gasteiger partial charge in [-0.15, -0.1) is 0 Å². The third-order valence-corrected chi connectivity index (χ3v) is 4.76. The monoisotopic (exact) mass is 287 g/mol. The highest BCUT2D eigenvalue weighted by molar-refractivity contribution is 5.94. The van der Waals surface area contributed by atoms with E-state index in [9.17, 15) is 9.59 Å². The van der Waals surface area contributed by atoms with Crippen LogP contribution in [0.25, 0.3) is 0 Å². The largest absolute Gasteiger partial charge is 0.342 e. The lowest BCUT2D eigenvalue weighted by atomic mass is 9.79. The topological polar surface area (TPSA) is 53.5 Å². The Bertz CT molecular complexity index is 546. The van der Waals surface area contributed by atoms with Crippen molar-refractivity contribution in [1.29, 1.82) is 0 Å². The Balaban J connectivity index is 1.70. The van der Waals surface area contributed by atoms with Crippen LogP contribution in [0.3, 0.4) is 0 Å². The van der Waals surface area contributed by atoms with Crippen molar-refractivity contribution in [2.24, 2.45) is 5.41 Å². The minimum absolute atomic E-state index is 0.0780. The van der Waals surface area contributed by atoms with Crippen LogP contribution in [0.2, 0.25) is 0 Å². The average molecular weight is 287 g/mol. The smallest absolute Gasteiger partial charge is 0.253 e. The number of rotatable bonds is 1. The van der Waals surface area contributed by atoms with E-state index in [0.29, 0.717) is 5.56 Å². The summed E-state index contributed by atoms with van der Waals surface area (Å²) in [6.07, 6.45) is 6.44. The average Bonchev–Trinajstić information content (AvgIpc) is 2.91. The van der Waals surface area contributed by atoms with Crippen LogP contribution >= 0.6 is 0 Å². The Morgan fingerprint density at radius 1 is 1.10 bits per heavy atom. The number of hydrogen-bond acceptors (Lipinski definition) is 3. The number of likely N-dealkylation sites (tertiary alicyclic amines) is 2. The molecule has 1 aromatic rings. The molecule has 1 unspecified atom stereocenters. The third-order valence-electron chi connectivity index (χ3n) is 4.76. The van der Waals surface area contributed by atoms with Gasteiger partial charge in [-0.05, 0) is 31.4 Å². The molecule has 5 heteroatoms. The summed E-state index contributed by atoms with van der Waals surface area (Å²) < 4.78 is 0. The third kappa shape index (κ3) is 2.77. The second-order valence-corrected chi connectivity index (χ2v) is 6.26. The van der Waals surface area contributed by atoms with Crippen LogP contribution in [0, 0.1) is 5.41 Å². The van der Waals surface area contributed by atoms with E-state index in [1.165, 1.54) is 0 Å². The van der Waals surface area contributed by atoms with Crippen molar-refractivity contribution >= 4 is 11.8 Å².